The maximum Gasteiger partial charge on any atom is 0.472 e. The van der Waals surface area contributed by atoms with Crippen LogP contribution in [0.5, 0.6) is 0 Å². The molecule has 3 rings (SSSR count). The maximum atomic E-state index is 14.9. The Balaban J connectivity index is 1.90. The minimum absolute atomic E-state index is 0.0168. The normalized spacial score (nSPS) is 24.8. The number of carbonyl (C=O) groups excluding carboxylic acids is 4. The van der Waals surface area contributed by atoms with Gasteiger partial charge in [0.05, 0.1) is 13.2 Å². The van der Waals surface area contributed by atoms with Crippen LogP contribution >= 0.6 is 7.82 Å². The third-order valence-corrected chi connectivity index (χ3v) is 24.8. The van der Waals surface area contributed by atoms with Crippen LogP contribution in [0.4, 0.5) is 0 Å². The van der Waals surface area contributed by atoms with Gasteiger partial charge in [0.25, 0.3) is 0 Å². The van der Waals surface area contributed by atoms with Gasteiger partial charge in [-0.3, -0.25) is 28.2 Å². The Bertz CT molecular complexity index is 2520. The molecule has 0 aromatic rings. The van der Waals surface area contributed by atoms with E-state index in [0.29, 0.717) is 32.1 Å². The predicted octanol–water partition coefficient (Wildman–Crippen LogP) is 18.3. The van der Waals surface area contributed by atoms with E-state index in [1.54, 1.807) is 0 Å². The minimum Gasteiger partial charge on any atom is -0.463 e. The van der Waals surface area contributed by atoms with Gasteiger partial charge >= 0.3 is 31.7 Å². The van der Waals surface area contributed by atoms with Crippen LogP contribution in [0.1, 0.15) is 426 Å². The molecule has 1 aliphatic carbocycles. The number of rotatable bonds is 79. The highest BCUT2D eigenvalue weighted by Gasteiger charge is 2.60. The summed E-state index contributed by atoms with van der Waals surface area (Å²) in [5, 5.41) is 102. The summed E-state index contributed by atoms with van der Waals surface area (Å²) in [4.78, 5) is 66.5. The van der Waals surface area contributed by atoms with E-state index in [1.807, 2.05) is 0 Å². The molecule has 700 valence electrons. The molecular formula is C93H173O25P. The van der Waals surface area contributed by atoms with Crippen molar-refractivity contribution in [1.82, 2.24) is 0 Å². The zero-order chi connectivity index (χ0) is 86.8. The molecule has 26 heteroatoms. The quantitative estimate of drug-likeness (QED) is 0.00889. The fourth-order valence-electron chi connectivity index (χ4n) is 16.1. The van der Waals surface area contributed by atoms with Crippen LogP contribution in [0.15, 0.2) is 12.2 Å². The van der Waals surface area contributed by atoms with E-state index in [1.165, 1.54) is 212 Å². The van der Waals surface area contributed by atoms with Gasteiger partial charge in [-0.15, -0.1) is 0 Å². The summed E-state index contributed by atoms with van der Waals surface area (Å²) in [5.74, 6) is -2.96. The van der Waals surface area contributed by atoms with Gasteiger partial charge < -0.3 is 88.7 Å². The summed E-state index contributed by atoms with van der Waals surface area (Å²) < 4.78 is 73.5. The summed E-state index contributed by atoms with van der Waals surface area (Å²) in [6.07, 6.45) is 31.9. The number of phosphoric ester groups is 1. The van der Waals surface area contributed by atoms with Crippen LogP contribution in [0.3, 0.4) is 0 Å². The zero-order valence-corrected chi connectivity index (χ0v) is 75.6. The number of esters is 4. The molecule has 0 aromatic heterocycles. The second-order valence-electron chi connectivity index (χ2n) is 34.6. The molecule has 0 aromatic carbocycles. The van der Waals surface area contributed by atoms with Crippen molar-refractivity contribution in [3.05, 3.63) is 12.2 Å². The first-order chi connectivity index (χ1) is 57.7. The van der Waals surface area contributed by atoms with Gasteiger partial charge in [0.1, 0.15) is 92.6 Å². The molecule has 3 fully saturated rings. The SMILES string of the molecule is CCCCCCCC/C=C\CCCCCC(=O)OCC(COP(=O)(O)OC1C(OC2OC(CO)C(O)C(O)C2O)C(O)C(O)C(OC(=O)CCCCCCCCCCCCCCCCCC)C1OC1OC(COC(=O)CCCCCCCCCCCCCCCCCC)C(O)C(O)C1O)OC(=O)CCCCCCCCCCCCCCCCC. The molecule has 119 heavy (non-hydrogen) atoms. The first kappa shape index (κ1) is 110. The van der Waals surface area contributed by atoms with Gasteiger partial charge in [0.15, 0.2) is 24.8 Å². The number of unbranched alkanes of at least 4 members (excludes halogenated alkanes) is 53. The molecule has 0 radical (unpaired) electrons. The molecule has 2 heterocycles. The maximum absolute atomic E-state index is 14.9. The summed E-state index contributed by atoms with van der Waals surface area (Å²) >= 11 is 0. The number of aliphatic hydroxyl groups is 9. The van der Waals surface area contributed by atoms with Crippen molar-refractivity contribution in [3.63, 3.8) is 0 Å². The minimum atomic E-state index is -5.81. The monoisotopic (exact) mass is 1720 g/mol. The fourth-order valence-corrected chi connectivity index (χ4v) is 17.0. The Morgan fingerprint density at radius 2 is 0.630 bits per heavy atom. The van der Waals surface area contributed by atoms with Crippen molar-refractivity contribution >= 4 is 31.7 Å². The third-order valence-electron chi connectivity index (χ3n) is 23.8. The number of hydrogen-bond donors (Lipinski definition) is 10. The van der Waals surface area contributed by atoms with Crippen molar-refractivity contribution in [2.45, 2.75) is 530 Å². The van der Waals surface area contributed by atoms with Crippen molar-refractivity contribution in [1.29, 1.82) is 0 Å². The van der Waals surface area contributed by atoms with Gasteiger partial charge in [-0.1, -0.05) is 361 Å². The molecule has 18 atom stereocenters. The first-order valence-electron chi connectivity index (χ1n) is 48.4. The molecule has 2 saturated heterocycles. The number of phosphoric acid groups is 1. The van der Waals surface area contributed by atoms with E-state index in [0.717, 1.165) is 128 Å². The molecule has 3 aliphatic rings. The van der Waals surface area contributed by atoms with E-state index < -0.39 is 162 Å². The lowest BCUT2D eigenvalue weighted by Crippen LogP contribution is -2.70. The molecule has 25 nitrogen and oxygen atoms in total. The fraction of sp³-hybridized carbons (Fsp3) is 0.935. The zero-order valence-electron chi connectivity index (χ0n) is 74.7. The topological polar surface area (TPSA) is 380 Å². The van der Waals surface area contributed by atoms with Crippen molar-refractivity contribution in [2.24, 2.45) is 0 Å². The molecule has 18 unspecified atom stereocenters. The average Bonchev–Trinajstić information content (AvgIpc) is 0.754. The number of carbonyl (C=O) groups is 4. The Hall–Kier alpha value is -2.79. The summed E-state index contributed by atoms with van der Waals surface area (Å²) in [6, 6.07) is 0. The van der Waals surface area contributed by atoms with Crippen LogP contribution in [0.2, 0.25) is 0 Å². The highest BCUT2D eigenvalue weighted by Crippen LogP contribution is 2.49. The lowest BCUT2D eigenvalue weighted by Gasteiger charge is -2.50. The number of ether oxygens (including phenoxy) is 8. The predicted molar refractivity (Wildman–Crippen MR) is 463 cm³/mol. The van der Waals surface area contributed by atoms with E-state index >= 15 is 0 Å². The van der Waals surface area contributed by atoms with Gasteiger partial charge in [-0.05, 0) is 51.4 Å². The molecule has 10 N–H and O–H groups in total. The Kier molecular flexibility index (Phi) is 67.0. The lowest BCUT2D eigenvalue weighted by atomic mass is 9.84. The highest BCUT2D eigenvalue weighted by atomic mass is 31.2. The smallest absolute Gasteiger partial charge is 0.463 e. The Morgan fingerprint density at radius 3 is 1.01 bits per heavy atom. The second-order valence-corrected chi connectivity index (χ2v) is 36.0. The van der Waals surface area contributed by atoms with Crippen molar-refractivity contribution < 1.29 is 122 Å². The summed E-state index contributed by atoms with van der Waals surface area (Å²) in [6.45, 7) is 5.62. The van der Waals surface area contributed by atoms with Gasteiger partial charge in [-0.2, -0.15) is 0 Å². The standard InChI is InChI=1S/C93H173O25P/c1-5-9-13-17-21-25-29-33-36-39-42-46-50-54-58-62-66-77(96)110-72-75-81(100)83(102)87(106)93(114-75)117-90-88(115-79(98)68-64-60-56-52-48-44-40-37-34-30-26-22-18-14-10-6-2)84(103)85(104)89(116-92-86(105)82(101)80(99)74(69-94)113-92)91(90)118-119(107,108)111-71-73(70-109-76(95)65-61-57-53-49-45-41-32-28-24-20-16-12-8-4)112-78(97)67-63-59-55-51-47-43-38-35-31-27-23-19-15-11-7-3/h41,45,73-75,80-94,99-106H,5-40,42-44,46-72H2,1-4H3,(H,107,108)/b45-41-. The number of aliphatic hydroxyl groups excluding tert-OH is 9. The molecule has 2 aliphatic heterocycles. The summed E-state index contributed by atoms with van der Waals surface area (Å²) in [5.41, 5.74) is 0. The molecule has 0 amide bonds. The van der Waals surface area contributed by atoms with E-state index in [2.05, 4.69) is 39.8 Å². The largest absolute Gasteiger partial charge is 0.472 e. The average molecular weight is 1720 g/mol. The van der Waals surface area contributed by atoms with Crippen LogP contribution in [0.25, 0.3) is 0 Å². The molecule has 1 saturated carbocycles. The van der Waals surface area contributed by atoms with Gasteiger partial charge in [0.2, 0.25) is 0 Å². The number of hydrogen-bond acceptors (Lipinski definition) is 24. The highest BCUT2D eigenvalue weighted by molar-refractivity contribution is 7.47. The van der Waals surface area contributed by atoms with Gasteiger partial charge in [0, 0.05) is 25.7 Å². The Labute approximate surface area is 718 Å². The van der Waals surface area contributed by atoms with Crippen LogP contribution in [-0.4, -0.2) is 205 Å². The third kappa shape index (κ3) is 52.2. The number of allylic oxidation sites excluding steroid dienone is 2. The van der Waals surface area contributed by atoms with Gasteiger partial charge in [-0.25, -0.2) is 4.57 Å². The van der Waals surface area contributed by atoms with Crippen molar-refractivity contribution in [3.8, 4) is 0 Å². The first-order valence-corrected chi connectivity index (χ1v) is 49.9. The van der Waals surface area contributed by atoms with Crippen LogP contribution in [-0.2, 0) is 70.7 Å². The molecule has 0 bridgehead atoms. The molecular weight excluding hydrogens is 1550 g/mol. The lowest BCUT2D eigenvalue weighted by molar-refractivity contribution is -0.360. The molecule has 0 spiro atoms. The Morgan fingerprint density at radius 1 is 0.328 bits per heavy atom. The summed E-state index contributed by atoms with van der Waals surface area (Å²) in [7, 11) is -5.81. The van der Waals surface area contributed by atoms with E-state index in [9.17, 15) is 74.6 Å². The second kappa shape index (κ2) is 72.3. The van der Waals surface area contributed by atoms with E-state index in [4.69, 9.17) is 46.9 Å². The van der Waals surface area contributed by atoms with Crippen LogP contribution in [0, 0.1) is 0 Å². The van der Waals surface area contributed by atoms with Crippen LogP contribution < -0.4 is 0 Å². The van der Waals surface area contributed by atoms with Crippen molar-refractivity contribution in [2.75, 3.05) is 26.4 Å². The van der Waals surface area contributed by atoms with E-state index in [-0.39, 0.29) is 25.7 Å².